The Kier molecular flexibility index (Phi) is 2.30. The van der Waals surface area contributed by atoms with Crippen LogP contribution in [0, 0.1) is 0 Å². The number of fused-ring (bicyclic) bond motifs is 1. The summed E-state index contributed by atoms with van der Waals surface area (Å²) in [6, 6.07) is 3.60. The summed E-state index contributed by atoms with van der Waals surface area (Å²) in [6.45, 7) is 1.73. The number of hydrogen-bond acceptors (Lipinski definition) is 3. The van der Waals surface area contributed by atoms with E-state index in [0.717, 1.165) is 11.1 Å². The van der Waals surface area contributed by atoms with Gasteiger partial charge in [-0.15, -0.1) is 0 Å². The van der Waals surface area contributed by atoms with Crippen molar-refractivity contribution in [2.24, 2.45) is 0 Å². The summed E-state index contributed by atoms with van der Waals surface area (Å²) in [5, 5.41) is 9.16. The molecule has 0 saturated heterocycles. The van der Waals surface area contributed by atoms with Crippen molar-refractivity contribution in [2.45, 2.75) is 18.8 Å². The van der Waals surface area contributed by atoms with Gasteiger partial charge in [-0.2, -0.15) is 0 Å². The van der Waals surface area contributed by atoms with E-state index in [4.69, 9.17) is 14.6 Å². The molecule has 0 amide bonds. The molecule has 1 aromatic carbocycles. The van der Waals surface area contributed by atoms with Gasteiger partial charge in [0.2, 0.25) is 0 Å². The molecule has 2 rings (SSSR count). The van der Waals surface area contributed by atoms with Crippen LogP contribution in [0.3, 0.4) is 0 Å². The van der Waals surface area contributed by atoms with E-state index >= 15 is 0 Å². The summed E-state index contributed by atoms with van der Waals surface area (Å²) < 4.78 is 10.3. The Balaban J connectivity index is 2.50. The van der Waals surface area contributed by atoms with E-state index in [1.165, 1.54) is 0 Å². The van der Waals surface area contributed by atoms with Gasteiger partial charge in [0.05, 0.1) is 19.6 Å². The van der Waals surface area contributed by atoms with Crippen LogP contribution < -0.4 is 9.47 Å². The lowest BCUT2D eigenvalue weighted by molar-refractivity contribution is -0.144. The first-order valence-corrected chi connectivity index (χ1v) is 5.01. The van der Waals surface area contributed by atoms with Crippen molar-refractivity contribution in [1.82, 2.24) is 0 Å². The fraction of sp³-hybridized carbons (Fsp3) is 0.417. The second-order valence-electron chi connectivity index (χ2n) is 4.18. The number of benzene rings is 1. The highest BCUT2D eigenvalue weighted by atomic mass is 16.5. The lowest BCUT2D eigenvalue weighted by atomic mass is 9.65. The van der Waals surface area contributed by atoms with E-state index < -0.39 is 11.4 Å². The van der Waals surface area contributed by atoms with Crippen LogP contribution in [0.25, 0.3) is 0 Å². The largest absolute Gasteiger partial charge is 0.493 e. The maximum Gasteiger partial charge on any atom is 0.314 e. The zero-order valence-corrected chi connectivity index (χ0v) is 9.53. The van der Waals surface area contributed by atoms with E-state index in [0.29, 0.717) is 17.9 Å². The molecular formula is C12H14O4. The molecular weight excluding hydrogens is 208 g/mol. The SMILES string of the molecule is COc1cc2c(cc1OC)C(C)(C(=O)O)C2. The molecule has 0 aromatic heterocycles. The van der Waals surface area contributed by atoms with E-state index in [1.54, 1.807) is 27.2 Å². The Bertz CT molecular complexity index is 453. The molecule has 1 aromatic rings. The number of ether oxygens (including phenoxy) is 2. The molecule has 16 heavy (non-hydrogen) atoms. The summed E-state index contributed by atoms with van der Waals surface area (Å²) in [5.74, 6) is 0.425. The van der Waals surface area contributed by atoms with Crippen LogP contribution in [-0.2, 0) is 16.6 Å². The molecule has 1 unspecified atom stereocenters. The Morgan fingerprint density at radius 1 is 1.31 bits per heavy atom. The van der Waals surface area contributed by atoms with E-state index in [9.17, 15) is 4.79 Å². The number of carboxylic acids is 1. The fourth-order valence-electron chi connectivity index (χ4n) is 2.14. The Labute approximate surface area is 93.8 Å². The maximum absolute atomic E-state index is 11.1. The van der Waals surface area contributed by atoms with Gasteiger partial charge in [-0.3, -0.25) is 4.79 Å². The predicted molar refractivity (Wildman–Crippen MR) is 58.2 cm³/mol. The predicted octanol–water partition coefficient (Wildman–Crippen LogP) is 1.60. The molecule has 1 aliphatic carbocycles. The van der Waals surface area contributed by atoms with Crippen LogP contribution in [0.4, 0.5) is 0 Å². The third-order valence-corrected chi connectivity index (χ3v) is 3.22. The van der Waals surface area contributed by atoms with Crippen molar-refractivity contribution in [3.63, 3.8) is 0 Å². The molecule has 86 valence electrons. The zero-order valence-electron chi connectivity index (χ0n) is 9.53. The number of rotatable bonds is 3. The van der Waals surface area contributed by atoms with Crippen molar-refractivity contribution in [3.8, 4) is 11.5 Å². The normalized spacial score (nSPS) is 21.9. The van der Waals surface area contributed by atoms with E-state index in [-0.39, 0.29) is 0 Å². The van der Waals surface area contributed by atoms with Gasteiger partial charge in [0.15, 0.2) is 11.5 Å². The summed E-state index contributed by atoms with van der Waals surface area (Å²) in [5.41, 5.74) is 1.05. The average molecular weight is 222 g/mol. The monoisotopic (exact) mass is 222 g/mol. The Morgan fingerprint density at radius 3 is 2.38 bits per heavy atom. The first kappa shape index (κ1) is 10.8. The summed E-state index contributed by atoms with van der Waals surface area (Å²) >= 11 is 0. The molecule has 0 fully saturated rings. The zero-order chi connectivity index (χ0) is 11.9. The lowest BCUT2D eigenvalue weighted by Crippen LogP contribution is -2.43. The molecule has 4 nitrogen and oxygen atoms in total. The smallest absolute Gasteiger partial charge is 0.314 e. The van der Waals surface area contributed by atoms with Gasteiger partial charge in [-0.05, 0) is 36.6 Å². The molecule has 0 heterocycles. The molecule has 1 atom stereocenters. The van der Waals surface area contributed by atoms with Crippen LogP contribution in [0.5, 0.6) is 11.5 Å². The maximum atomic E-state index is 11.1. The van der Waals surface area contributed by atoms with Crippen molar-refractivity contribution in [1.29, 1.82) is 0 Å². The van der Waals surface area contributed by atoms with Gasteiger partial charge >= 0.3 is 5.97 Å². The van der Waals surface area contributed by atoms with Gasteiger partial charge in [-0.25, -0.2) is 0 Å². The fourth-order valence-corrected chi connectivity index (χ4v) is 2.14. The van der Waals surface area contributed by atoms with Gasteiger partial charge in [0.25, 0.3) is 0 Å². The molecule has 0 bridgehead atoms. The van der Waals surface area contributed by atoms with Gasteiger partial charge in [-0.1, -0.05) is 0 Å². The number of hydrogen-bond donors (Lipinski definition) is 1. The molecule has 4 heteroatoms. The lowest BCUT2D eigenvalue weighted by Gasteiger charge is -2.37. The third-order valence-electron chi connectivity index (χ3n) is 3.22. The van der Waals surface area contributed by atoms with E-state index in [2.05, 4.69) is 0 Å². The Morgan fingerprint density at radius 2 is 1.88 bits per heavy atom. The van der Waals surface area contributed by atoms with Crippen LogP contribution in [0.2, 0.25) is 0 Å². The molecule has 0 radical (unpaired) electrons. The highest BCUT2D eigenvalue weighted by molar-refractivity contribution is 5.85. The number of carboxylic acid groups (broad SMARTS) is 1. The summed E-state index contributed by atoms with van der Waals surface area (Å²) in [6.07, 6.45) is 0.540. The average Bonchev–Trinajstić information content (AvgIpc) is 2.26. The molecule has 1 aliphatic rings. The van der Waals surface area contributed by atoms with Crippen molar-refractivity contribution in [2.75, 3.05) is 14.2 Å². The number of carbonyl (C=O) groups is 1. The standard InChI is InChI=1S/C12H14O4/c1-12(11(13)14)6-7-4-9(15-2)10(16-3)5-8(7)12/h4-5H,6H2,1-3H3,(H,13,14). The van der Waals surface area contributed by atoms with Gasteiger partial charge in [0, 0.05) is 0 Å². The second-order valence-corrected chi connectivity index (χ2v) is 4.18. The minimum atomic E-state index is -0.799. The van der Waals surface area contributed by atoms with Crippen molar-refractivity contribution in [3.05, 3.63) is 23.3 Å². The number of methoxy groups -OCH3 is 2. The van der Waals surface area contributed by atoms with Crippen LogP contribution >= 0.6 is 0 Å². The van der Waals surface area contributed by atoms with Crippen molar-refractivity contribution < 1.29 is 19.4 Å². The molecule has 0 saturated carbocycles. The minimum absolute atomic E-state index is 0.540. The van der Waals surface area contributed by atoms with Crippen LogP contribution in [0.15, 0.2) is 12.1 Å². The third kappa shape index (κ3) is 1.26. The van der Waals surface area contributed by atoms with Gasteiger partial charge < -0.3 is 14.6 Å². The molecule has 1 N–H and O–H groups in total. The summed E-state index contributed by atoms with van der Waals surface area (Å²) in [7, 11) is 3.11. The van der Waals surface area contributed by atoms with Crippen molar-refractivity contribution >= 4 is 5.97 Å². The topological polar surface area (TPSA) is 55.8 Å². The molecule has 0 spiro atoms. The first-order chi connectivity index (χ1) is 7.52. The first-order valence-electron chi connectivity index (χ1n) is 5.01. The summed E-state index contributed by atoms with van der Waals surface area (Å²) in [4.78, 5) is 11.1. The number of aliphatic carboxylic acids is 1. The van der Waals surface area contributed by atoms with Gasteiger partial charge in [0.1, 0.15) is 0 Å². The minimum Gasteiger partial charge on any atom is -0.493 e. The quantitative estimate of drug-likeness (QED) is 0.844. The van der Waals surface area contributed by atoms with E-state index in [1.807, 2.05) is 6.07 Å². The highest BCUT2D eigenvalue weighted by Crippen LogP contribution is 2.46. The Hall–Kier alpha value is -1.71. The van der Waals surface area contributed by atoms with Crippen LogP contribution in [0.1, 0.15) is 18.1 Å². The second kappa shape index (κ2) is 3.40. The molecule has 0 aliphatic heterocycles. The van der Waals surface area contributed by atoms with Crippen LogP contribution in [-0.4, -0.2) is 25.3 Å². The highest BCUT2D eigenvalue weighted by Gasteiger charge is 2.45.